The van der Waals surface area contributed by atoms with Crippen molar-refractivity contribution in [2.75, 3.05) is 31.1 Å². The molecule has 0 spiro atoms. The highest BCUT2D eigenvalue weighted by atomic mass is 16.2. The monoisotopic (exact) mass is 336 g/mol. The molecular weight excluding hydrogens is 312 g/mol. The standard InChI is InChI=1S/C20H24N4O/c25-20(24-13-7-8-14-24)17-15-18(23-11-5-2-6-12-23)22-19(21-17)16-9-3-1-4-10-16/h1,3-4,9-10,15H,2,5-8,11-14H2. The van der Waals surface area contributed by atoms with E-state index in [0.717, 1.165) is 50.4 Å². The van der Waals surface area contributed by atoms with E-state index in [4.69, 9.17) is 4.98 Å². The third-order valence-electron chi connectivity index (χ3n) is 5.04. The van der Waals surface area contributed by atoms with Gasteiger partial charge in [0.2, 0.25) is 0 Å². The summed E-state index contributed by atoms with van der Waals surface area (Å²) in [6.07, 6.45) is 5.80. The van der Waals surface area contributed by atoms with Crippen molar-refractivity contribution in [3.05, 3.63) is 42.1 Å². The molecule has 0 radical (unpaired) electrons. The molecule has 2 fully saturated rings. The highest BCUT2D eigenvalue weighted by Crippen LogP contribution is 2.24. The van der Waals surface area contributed by atoms with E-state index in [0.29, 0.717) is 11.5 Å². The number of piperidine rings is 1. The first-order valence-electron chi connectivity index (χ1n) is 9.30. The maximum absolute atomic E-state index is 12.9. The Balaban J connectivity index is 1.73. The number of nitrogens with zero attached hydrogens (tertiary/aromatic N) is 4. The van der Waals surface area contributed by atoms with Gasteiger partial charge in [-0.1, -0.05) is 30.3 Å². The van der Waals surface area contributed by atoms with Crippen LogP contribution in [-0.2, 0) is 0 Å². The van der Waals surface area contributed by atoms with E-state index in [1.54, 1.807) is 0 Å². The van der Waals surface area contributed by atoms with Crippen molar-refractivity contribution in [1.82, 2.24) is 14.9 Å². The van der Waals surface area contributed by atoms with E-state index >= 15 is 0 Å². The Hall–Kier alpha value is -2.43. The predicted octanol–water partition coefficient (Wildman–Crippen LogP) is 3.37. The van der Waals surface area contributed by atoms with E-state index in [9.17, 15) is 4.79 Å². The number of hydrogen-bond donors (Lipinski definition) is 0. The molecule has 5 nitrogen and oxygen atoms in total. The molecular formula is C20H24N4O. The van der Waals surface area contributed by atoms with Crippen molar-refractivity contribution >= 4 is 11.7 Å². The highest BCUT2D eigenvalue weighted by Gasteiger charge is 2.23. The van der Waals surface area contributed by atoms with Crippen LogP contribution in [0.3, 0.4) is 0 Å². The molecule has 0 atom stereocenters. The molecule has 0 unspecified atom stereocenters. The fraction of sp³-hybridized carbons (Fsp3) is 0.450. The lowest BCUT2D eigenvalue weighted by atomic mass is 10.1. The zero-order chi connectivity index (χ0) is 17.1. The molecule has 0 saturated carbocycles. The van der Waals surface area contributed by atoms with Gasteiger partial charge < -0.3 is 9.80 Å². The fourth-order valence-electron chi connectivity index (χ4n) is 3.63. The molecule has 130 valence electrons. The van der Waals surface area contributed by atoms with Gasteiger partial charge in [0.25, 0.3) is 5.91 Å². The van der Waals surface area contributed by atoms with Crippen molar-refractivity contribution < 1.29 is 4.79 Å². The first kappa shape index (κ1) is 16.1. The summed E-state index contributed by atoms with van der Waals surface area (Å²) in [4.78, 5) is 26.5. The minimum Gasteiger partial charge on any atom is -0.356 e. The molecule has 0 bridgehead atoms. The molecule has 4 rings (SSSR count). The van der Waals surface area contributed by atoms with Gasteiger partial charge in [0.1, 0.15) is 11.5 Å². The van der Waals surface area contributed by atoms with Crippen molar-refractivity contribution in [3.63, 3.8) is 0 Å². The van der Waals surface area contributed by atoms with Crippen LogP contribution in [0.25, 0.3) is 11.4 Å². The molecule has 1 amide bonds. The molecule has 25 heavy (non-hydrogen) atoms. The van der Waals surface area contributed by atoms with E-state index < -0.39 is 0 Å². The van der Waals surface area contributed by atoms with Crippen LogP contribution in [-0.4, -0.2) is 47.0 Å². The van der Waals surface area contributed by atoms with Gasteiger partial charge in [0.15, 0.2) is 5.82 Å². The molecule has 2 aliphatic rings. The molecule has 5 heteroatoms. The van der Waals surface area contributed by atoms with E-state index in [1.807, 2.05) is 41.3 Å². The smallest absolute Gasteiger partial charge is 0.272 e. The van der Waals surface area contributed by atoms with Crippen molar-refractivity contribution in [3.8, 4) is 11.4 Å². The summed E-state index contributed by atoms with van der Waals surface area (Å²) >= 11 is 0. The fourth-order valence-corrected chi connectivity index (χ4v) is 3.63. The number of likely N-dealkylation sites (tertiary alicyclic amines) is 1. The molecule has 2 saturated heterocycles. The number of amides is 1. The normalized spacial score (nSPS) is 17.8. The third-order valence-corrected chi connectivity index (χ3v) is 5.04. The first-order valence-corrected chi connectivity index (χ1v) is 9.30. The van der Waals surface area contributed by atoms with Crippen LogP contribution in [0.2, 0.25) is 0 Å². The molecule has 1 aromatic heterocycles. The Kier molecular flexibility index (Phi) is 4.63. The second-order valence-corrected chi connectivity index (χ2v) is 6.85. The lowest BCUT2D eigenvalue weighted by Gasteiger charge is -2.28. The largest absolute Gasteiger partial charge is 0.356 e. The molecule has 0 N–H and O–H groups in total. The number of carbonyl (C=O) groups excluding carboxylic acids is 1. The Morgan fingerprint density at radius 1 is 0.840 bits per heavy atom. The van der Waals surface area contributed by atoms with Crippen LogP contribution >= 0.6 is 0 Å². The summed E-state index contributed by atoms with van der Waals surface area (Å²) in [5, 5.41) is 0. The van der Waals surface area contributed by atoms with Crippen LogP contribution in [0, 0.1) is 0 Å². The van der Waals surface area contributed by atoms with Crippen LogP contribution in [0.1, 0.15) is 42.6 Å². The number of benzene rings is 1. The quantitative estimate of drug-likeness (QED) is 0.862. The number of hydrogen-bond acceptors (Lipinski definition) is 4. The summed E-state index contributed by atoms with van der Waals surface area (Å²) in [5.74, 6) is 1.57. The lowest BCUT2D eigenvalue weighted by Crippen LogP contribution is -2.32. The summed E-state index contributed by atoms with van der Waals surface area (Å²) < 4.78 is 0. The SMILES string of the molecule is O=C(c1cc(N2CCCCC2)nc(-c2ccccc2)n1)N1CCCC1. The minimum absolute atomic E-state index is 0.0374. The summed E-state index contributed by atoms with van der Waals surface area (Å²) in [5.41, 5.74) is 1.48. The van der Waals surface area contributed by atoms with Gasteiger partial charge >= 0.3 is 0 Å². The maximum Gasteiger partial charge on any atom is 0.272 e. The Morgan fingerprint density at radius 3 is 2.24 bits per heavy atom. The Bertz CT molecular complexity index is 735. The number of carbonyl (C=O) groups is 1. The van der Waals surface area contributed by atoms with Crippen molar-refractivity contribution in [2.45, 2.75) is 32.1 Å². The topological polar surface area (TPSA) is 49.3 Å². The summed E-state index contributed by atoms with van der Waals surface area (Å²) in [6.45, 7) is 3.68. The molecule has 0 aliphatic carbocycles. The zero-order valence-electron chi connectivity index (χ0n) is 14.5. The second-order valence-electron chi connectivity index (χ2n) is 6.85. The van der Waals surface area contributed by atoms with E-state index in [-0.39, 0.29) is 5.91 Å². The second kappa shape index (κ2) is 7.21. The lowest BCUT2D eigenvalue weighted by molar-refractivity contribution is 0.0787. The van der Waals surface area contributed by atoms with Gasteiger partial charge in [-0.3, -0.25) is 4.79 Å². The van der Waals surface area contributed by atoms with Gasteiger partial charge in [-0.15, -0.1) is 0 Å². The number of rotatable bonds is 3. The summed E-state index contributed by atoms with van der Waals surface area (Å²) in [7, 11) is 0. The Morgan fingerprint density at radius 2 is 1.52 bits per heavy atom. The van der Waals surface area contributed by atoms with Gasteiger partial charge in [0.05, 0.1) is 0 Å². The highest BCUT2D eigenvalue weighted by molar-refractivity contribution is 5.93. The van der Waals surface area contributed by atoms with Crippen molar-refractivity contribution in [1.29, 1.82) is 0 Å². The van der Waals surface area contributed by atoms with Crippen LogP contribution in [0.5, 0.6) is 0 Å². The maximum atomic E-state index is 12.9. The van der Waals surface area contributed by atoms with Crippen LogP contribution < -0.4 is 4.90 Å². The molecule has 2 aliphatic heterocycles. The van der Waals surface area contributed by atoms with Gasteiger partial charge in [-0.2, -0.15) is 0 Å². The van der Waals surface area contributed by atoms with Gasteiger partial charge in [-0.05, 0) is 32.1 Å². The van der Waals surface area contributed by atoms with Crippen LogP contribution in [0.4, 0.5) is 5.82 Å². The summed E-state index contributed by atoms with van der Waals surface area (Å²) in [6, 6.07) is 11.8. The van der Waals surface area contributed by atoms with Crippen molar-refractivity contribution in [2.24, 2.45) is 0 Å². The predicted molar refractivity (Wildman–Crippen MR) is 98.7 cm³/mol. The van der Waals surface area contributed by atoms with E-state index in [1.165, 1.54) is 19.3 Å². The first-order chi connectivity index (χ1) is 12.3. The van der Waals surface area contributed by atoms with Crippen LogP contribution in [0.15, 0.2) is 36.4 Å². The number of anilines is 1. The minimum atomic E-state index is 0.0374. The Labute approximate surface area is 148 Å². The number of aromatic nitrogens is 2. The zero-order valence-corrected chi connectivity index (χ0v) is 14.5. The molecule has 3 heterocycles. The van der Waals surface area contributed by atoms with E-state index in [2.05, 4.69) is 9.88 Å². The third kappa shape index (κ3) is 3.50. The molecule has 1 aromatic carbocycles. The average molecular weight is 336 g/mol. The average Bonchev–Trinajstić information content (AvgIpc) is 3.23. The van der Waals surface area contributed by atoms with Gasteiger partial charge in [0, 0.05) is 37.8 Å². The molecule has 2 aromatic rings. The van der Waals surface area contributed by atoms with Gasteiger partial charge in [-0.25, -0.2) is 9.97 Å².